The van der Waals surface area contributed by atoms with Crippen molar-refractivity contribution in [3.63, 3.8) is 0 Å². The van der Waals surface area contributed by atoms with E-state index in [2.05, 4.69) is 26.8 Å². The van der Waals surface area contributed by atoms with Crippen LogP contribution in [0.25, 0.3) is 20.9 Å². The number of benzene rings is 1. The molecule has 1 aliphatic heterocycles. The van der Waals surface area contributed by atoms with Crippen LogP contribution in [0.4, 0.5) is 5.82 Å². The number of nitrogens with zero attached hydrogens (tertiary/aromatic N) is 4. The molecule has 3 aromatic rings. The van der Waals surface area contributed by atoms with Gasteiger partial charge in [0.1, 0.15) is 21.7 Å². The standard InChI is InChI=1S/C19H17N5O2S/c1-11-3-4-12(5-6-19(26)7-8-24(2)18(19)25)9-13(11)16-23-14-15(20)21-10-22-17(14)27-16/h3-4,9-10,26H,7-8H2,1-2H3,(H2,20,21,22)/t19-/m0/s1/i2D3. The predicted molar refractivity (Wildman–Crippen MR) is 104 cm³/mol. The number of aliphatic hydroxyl groups is 1. The molecule has 3 N–H and O–H groups in total. The number of likely N-dealkylation sites (tertiary alicyclic amines) is 1. The monoisotopic (exact) mass is 382 g/mol. The molecule has 1 aromatic carbocycles. The number of amides is 1. The topological polar surface area (TPSA) is 105 Å². The number of carbonyl (C=O) groups excluding carboxylic acids is 1. The molecular weight excluding hydrogens is 362 g/mol. The molecule has 27 heavy (non-hydrogen) atoms. The molecule has 0 bridgehead atoms. The van der Waals surface area contributed by atoms with E-state index in [0.29, 0.717) is 31.6 Å². The van der Waals surface area contributed by atoms with Crippen molar-refractivity contribution in [1.29, 1.82) is 0 Å². The van der Waals surface area contributed by atoms with Gasteiger partial charge in [-0.05, 0) is 24.6 Å². The zero-order valence-corrected chi connectivity index (χ0v) is 15.2. The van der Waals surface area contributed by atoms with Crippen molar-refractivity contribution in [2.24, 2.45) is 0 Å². The Hall–Kier alpha value is -3.02. The molecule has 1 amide bonds. The first-order valence-electron chi connectivity index (χ1n) is 9.64. The van der Waals surface area contributed by atoms with E-state index in [-0.39, 0.29) is 13.0 Å². The van der Waals surface area contributed by atoms with Crippen LogP contribution in [0, 0.1) is 18.8 Å². The van der Waals surface area contributed by atoms with Crippen molar-refractivity contribution in [2.45, 2.75) is 18.9 Å². The number of rotatable bonds is 1. The van der Waals surface area contributed by atoms with Gasteiger partial charge in [-0.15, -0.1) is 0 Å². The number of aryl methyl sites for hydroxylation is 1. The van der Waals surface area contributed by atoms with E-state index < -0.39 is 18.5 Å². The molecule has 0 saturated carbocycles. The average Bonchev–Trinajstić information content (AvgIpc) is 3.24. The smallest absolute Gasteiger partial charge is 0.267 e. The molecule has 0 radical (unpaired) electrons. The summed E-state index contributed by atoms with van der Waals surface area (Å²) < 4.78 is 22.2. The highest BCUT2D eigenvalue weighted by molar-refractivity contribution is 7.21. The molecule has 1 aliphatic rings. The van der Waals surface area contributed by atoms with Gasteiger partial charge in [-0.2, -0.15) is 0 Å². The lowest BCUT2D eigenvalue weighted by molar-refractivity contribution is -0.137. The molecule has 136 valence electrons. The van der Waals surface area contributed by atoms with Gasteiger partial charge in [0.15, 0.2) is 5.82 Å². The quantitative estimate of drug-likeness (QED) is 0.619. The van der Waals surface area contributed by atoms with Crippen molar-refractivity contribution in [1.82, 2.24) is 19.9 Å². The Kier molecular flexibility index (Phi) is 3.29. The number of hydrogen-bond acceptors (Lipinski definition) is 7. The summed E-state index contributed by atoms with van der Waals surface area (Å²) in [5.74, 6) is 4.77. The Morgan fingerprint density at radius 3 is 3.04 bits per heavy atom. The molecule has 0 spiro atoms. The van der Waals surface area contributed by atoms with Gasteiger partial charge in [0.2, 0.25) is 5.60 Å². The fraction of sp³-hybridized carbons (Fsp3) is 0.263. The van der Waals surface area contributed by atoms with Crippen LogP contribution < -0.4 is 5.73 Å². The summed E-state index contributed by atoms with van der Waals surface area (Å²) in [6.45, 7) is -0.748. The van der Waals surface area contributed by atoms with E-state index in [0.717, 1.165) is 11.1 Å². The van der Waals surface area contributed by atoms with Crippen LogP contribution in [0.1, 0.15) is 21.7 Å². The maximum absolute atomic E-state index is 12.3. The number of hydrogen-bond donors (Lipinski definition) is 2. The first-order valence-corrected chi connectivity index (χ1v) is 8.96. The average molecular weight is 382 g/mol. The van der Waals surface area contributed by atoms with Gasteiger partial charge in [0.25, 0.3) is 5.91 Å². The van der Waals surface area contributed by atoms with Crippen LogP contribution >= 0.6 is 11.3 Å². The van der Waals surface area contributed by atoms with Crippen LogP contribution in [-0.4, -0.2) is 50.0 Å². The van der Waals surface area contributed by atoms with Crippen LogP contribution in [0.5, 0.6) is 0 Å². The van der Waals surface area contributed by atoms with Crippen LogP contribution in [0.15, 0.2) is 24.5 Å². The molecule has 2 aromatic heterocycles. The SMILES string of the molecule is [2H]C([2H])([2H])N1CC[C@@](O)(C#Cc2ccc(C)c(-c3nc4c(N)ncnc4s3)c2)C1=O. The Bertz CT molecular complexity index is 1230. The van der Waals surface area contributed by atoms with Gasteiger partial charge in [-0.25, -0.2) is 15.0 Å². The molecular formula is C19H17N5O2S. The summed E-state index contributed by atoms with van der Waals surface area (Å²) in [5, 5.41) is 11.3. The highest BCUT2D eigenvalue weighted by atomic mass is 32.1. The highest BCUT2D eigenvalue weighted by Gasteiger charge is 2.42. The predicted octanol–water partition coefficient (Wildman–Crippen LogP) is 1.59. The van der Waals surface area contributed by atoms with Crippen LogP contribution in [0.3, 0.4) is 0 Å². The second-order valence-corrected chi connectivity index (χ2v) is 7.26. The normalized spacial score (nSPS) is 21.5. The number of nitrogen functional groups attached to an aromatic ring is 1. The van der Waals surface area contributed by atoms with Crippen molar-refractivity contribution < 1.29 is 14.0 Å². The molecule has 0 aliphatic carbocycles. The number of aromatic nitrogens is 3. The van der Waals surface area contributed by atoms with Gasteiger partial charge in [0.05, 0.1) is 0 Å². The molecule has 4 rings (SSSR count). The lowest BCUT2D eigenvalue weighted by Crippen LogP contribution is -2.37. The van der Waals surface area contributed by atoms with Crippen molar-refractivity contribution in [3.8, 4) is 22.4 Å². The zero-order chi connectivity index (χ0) is 21.7. The van der Waals surface area contributed by atoms with Gasteiger partial charge in [-0.1, -0.05) is 29.2 Å². The van der Waals surface area contributed by atoms with E-state index in [1.54, 1.807) is 12.1 Å². The van der Waals surface area contributed by atoms with E-state index in [1.807, 2.05) is 13.0 Å². The minimum absolute atomic E-state index is 0.0637. The lowest BCUT2D eigenvalue weighted by atomic mass is 10.0. The first kappa shape index (κ1) is 14.1. The summed E-state index contributed by atoms with van der Waals surface area (Å²) in [7, 11) is 0. The van der Waals surface area contributed by atoms with E-state index >= 15 is 0 Å². The van der Waals surface area contributed by atoms with Gasteiger partial charge in [0, 0.05) is 35.2 Å². The number of anilines is 1. The summed E-state index contributed by atoms with van der Waals surface area (Å²) >= 11 is 1.37. The fourth-order valence-electron chi connectivity index (χ4n) is 2.81. The Morgan fingerprint density at radius 2 is 2.30 bits per heavy atom. The number of nitrogens with two attached hydrogens (primary N) is 1. The summed E-state index contributed by atoms with van der Waals surface area (Å²) in [5.41, 5.74) is 6.72. The molecule has 3 heterocycles. The minimum Gasteiger partial charge on any atom is -0.382 e. The van der Waals surface area contributed by atoms with Crippen LogP contribution in [-0.2, 0) is 4.79 Å². The number of thiazole rings is 1. The molecule has 1 saturated heterocycles. The summed E-state index contributed by atoms with van der Waals surface area (Å²) in [6, 6.07) is 5.42. The zero-order valence-electron chi connectivity index (χ0n) is 17.4. The van der Waals surface area contributed by atoms with Crippen molar-refractivity contribution in [3.05, 3.63) is 35.7 Å². The second-order valence-electron chi connectivity index (χ2n) is 6.28. The second kappa shape index (κ2) is 6.30. The van der Waals surface area contributed by atoms with E-state index in [4.69, 9.17) is 9.85 Å². The largest absolute Gasteiger partial charge is 0.382 e. The maximum atomic E-state index is 12.3. The Balaban J connectivity index is 1.68. The first-order chi connectivity index (χ1) is 14.1. The van der Waals surface area contributed by atoms with E-state index in [1.165, 1.54) is 17.7 Å². The van der Waals surface area contributed by atoms with E-state index in [9.17, 15) is 9.90 Å². The van der Waals surface area contributed by atoms with Gasteiger partial charge >= 0.3 is 0 Å². The maximum Gasteiger partial charge on any atom is 0.267 e. The van der Waals surface area contributed by atoms with Crippen molar-refractivity contribution >= 4 is 33.4 Å². The summed E-state index contributed by atoms with van der Waals surface area (Å²) in [4.78, 5) is 26.4. The number of carbonyl (C=O) groups is 1. The Morgan fingerprint density at radius 1 is 1.44 bits per heavy atom. The van der Waals surface area contributed by atoms with Crippen molar-refractivity contribution in [2.75, 3.05) is 19.3 Å². The van der Waals surface area contributed by atoms with Crippen LogP contribution in [0.2, 0.25) is 0 Å². The van der Waals surface area contributed by atoms with Gasteiger partial charge in [-0.3, -0.25) is 4.79 Å². The molecule has 8 heteroatoms. The third-order valence-electron chi connectivity index (χ3n) is 4.40. The third-order valence-corrected chi connectivity index (χ3v) is 5.40. The summed E-state index contributed by atoms with van der Waals surface area (Å²) in [6.07, 6.45) is 1.32. The lowest BCUT2D eigenvalue weighted by Gasteiger charge is -2.13. The molecule has 7 nitrogen and oxygen atoms in total. The highest BCUT2D eigenvalue weighted by Crippen LogP contribution is 2.33. The molecule has 1 fully saturated rings. The number of fused-ring (bicyclic) bond motifs is 1. The molecule has 0 unspecified atom stereocenters. The van der Waals surface area contributed by atoms with Gasteiger partial charge < -0.3 is 15.7 Å². The Labute approximate surface area is 164 Å². The molecule has 1 atom stereocenters. The third kappa shape index (κ3) is 3.01. The number of likely N-dealkylation sites (N-methyl/N-ethyl adjacent to an activating group) is 1. The minimum atomic E-state index is -2.60. The fourth-order valence-corrected chi connectivity index (χ4v) is 3.81.